The Morgan fingerprint density at radius 2 is 1.89 bits per heavy atom. The van der Waals surface area contributed by atoms with Crippen LogP contribution in [0.1, 0.15) is 10.4 Å². The van der Waals surface area contributed by atoms with Gasteiger partial charge >= 0.3 is 0 Å². The quantitative estimate of drug-likeness (QED) is 0.355. The Bertz CT molecular complexity index is 1160. The Balaban J connectivity index is 1.56. The summed E-state index contributed by atoms with van der Waals surface area (Å²) in [7, 11) is 0. The Morgan fingerprint density at radius 3 is 2.68 bits per heavy atom. The normalized spacial score (nSPS) is 10.9. The van der Waals surface area contributed by atoms with Crippen LogP contribution in [-0.4, -0.2) is 27.5 Å². The molecule has 0 aliphatic carbocycles. The summed E-state index contributed by atoms with van der Waals surface area (Å²) in [6.07, 6.45) is 0. The average molecular weight is 427 g/mol. The van der Waals surface area contributed by atoms with Crippen molar-refractivity contribution in [1.82, 2.24) is 9.97 Å². The van der Waals surface area contributed by atoms with E-state index in [0.29, 0.717) is 16.4 Å². The molecule has 0 fully saturated rings. The van der Waals surface area contributed by atoms with Crippen molar-refractivity contribution in [3.8, 4) is 10.7 Å². The molecule has 28 heavy (non-hydrogen) atoms. The number of benzene rings is 1. The molecule has 2 amide bonds. The summed E-state index contributed by atoms with van der Waals surface area (Å²) in [5.41, 5.74) is 6.47. The van der Waals surface area contributed by atoms with E-state index in [-0.39, 0.29) is 11.7 Å². The van der Waals surface area contributed by atoms with Crippen molar-refractivity contribution >= 4 is 62.2 Å². The molecule has 3 heterocycles. The van der Waals surface area contributed by atoms with E-state index in [9.17, 15) is 9.59 Å². The maximum absolute atomic E-state index is 12.4. The van der Waals surface area contributed by atoms with Crippen LogP contribution in [0.15, 0.2) is 58.3 Å². The summed E-state index contributed by atoms with van der Waals surface area (Å²) in [6.45, 7) is 0. The van der Waals surface area contributed by atoms with E-state index in [1.165, 1.54) is 23.1 Å². The first-order chi connectivity index (χ1) is 13.6. The fourth-order valence-corrected chi connectivity index (χ4v) is 4.86. The zero-order chi connectivity index (χ0) is 19.5. The minimum atomic E-state index is -0.563. The molecule has 140 valence electrons. The van der Waals surface area contributed by atoms with E-state index in [0.717, 1.165) is 20.8 Å². The largest absolute Gasteiger partial charge is 0.366 e. The zero-order valence-electron chi connectivity index (χ0n) is 14.4. The van der Waals surface area contributed by atoms with Crippen molar-refractivity contribution in [1.29, 1.82) is 0 Å². The average Bonchev–Trinajstić information content (AvgIpc) is 3.38. The zero-order valence-corrected chi connectivity index (χ0v) is 16.9. The van der Waals surface area contributed by atoms with Crippen LogP contribution in [0.5, 0.6) is 0 Å². The molecular formula is C19H14N4O2S3. The smallest absolute Gasteiger partial charge is 0.251 e. The number of fused-ring (bicyclic) bond motifs is 1. The van der Waals surface area contributed by atoms with Gasteiger partial charge in [-0.3, -0.25) is 9.59 Å². The summed E-state index contributed by atoms with van der Waals surface area (Å²) < 4.78 is 0. The lowest BCUT2D eigenvalue weighted by atomic mass is 10.2. The molecule has 3 aromatic heterocycles. The van der Waals surface area contributed by atoms with Gasteiger partial charge in [-0.05, 0) is 29.0 Å². The second kappa shape index (κ2) is 8.09. The molecule has 0 saturated heterocycles. The molecule has 4 aromatic rings. The number of nitrogens with one attached hydrogen (secondary N) is 1. The van der Waals surface area contributed by atoms with Gasteiger partial charge < -0.3 is 11.1 Å². The highest BCUT2D eigenvalue weighted by atomic mass is 32.2. The van der Waals surface area contributed by atoms with Gasteiger partial charge in [-0.1, -0.05) is 36.0 Å². The van der Waals surface area contributed by atoms with E-state index in [1.54, 1.807) is 22.8 Å². The van der Waals surface area contributed by atoms with Crippen LogP contribution in [0.25, 0.3) is 21.6 Å². The predicted octanol–water partition coefficient (Wildman–Crippen LogP) is 4.25. The van der Waals surface area contributed by atoms with E-state index in [1.807, 2.05) is 41.8 Å². The van der Waals surface area contributed by atoms with Crippen LogP contribution in [0.3, 0.4) is 0 Å². The molecule has 3 N–H and O–H groups in total. The highest BCUT2D eigenvalue weighted by Crippen LogP contribution is 2.30. The molecule has 0 saturated carbocycles. The van der Waals surface area contributed by atoms with Gasteiger partial charge in [-0.25, -0.2) is 9.97 Å². The van der Waals surface area contributed by atoms with Crippen LogP contribution in [0, 0.1) is 0 Å². The summed E-state index contributed by atoms with van der Waals surface area (Å²) >= 11 is 4.17. The molecule has 0 spiro atoms. The van der Waals surface area contributed by atoms with E-state index >= 15 is 0 Å². The van der Waals surface area contributed by atoms with Gasteiger partial charge in [0.25, 0.3) is 5.91 Å². The summed E-state index contributed by atoms with van der Waals surface area (Å²) in [5.74, 6) is 0.00819. The molecule has 4 rings (SSSR count). The van der Waals surface area contributed by atoms with Gasteiger partial charge in [0.1, 0.15) is 10.0 Å². The molecule has 0 aliphatic heterocycles. The monoisotopic (exact) mass is 426 g/mol. The highest BCUT2D eigenvalue weighted by Gasteiger charge is 2.15. The maximum Gasteiger partial charge on any atom is 0.251 e. The number of aromatic nitrogens is 2. The van der Waals surface area contributed by atoms with Crippen molar-refractivity contribution in [2.75, 3.05) is 11.1 Å². The van der Waals surface area contributed by atoms with Crippen LogP contribution in [0.4, 0.5) is 5.00 Å². The number of primary amides is 1. The van der Waals surface area contributed by atoms with Crippen molar-refractivity contribution in [3.05, 3.63) is 58.8 Å². The first-order valence-corrected chi connectivity index (χ1v) is 11.0. The third-order valence-electron chi connectivity index (χ3n) is 3.83. The number of thioether (sulfide) groups is 1. The number of anilines is 1. The summed E-state index contributed by atoms with van der Waals surface area (Å²) in [4.78, 5) is 34.1. The predicted molar refractivity (Wildman–Crippen MR) is 115 cm³/mol. The minimum absolute atomic E-state index is 0.154. The fraction of sp³-hybridized carbons (Fsp3) is 0.0526. The lowest BCUT2D eigenvalue weighted by molar-refractivity contribution is -0.113. The molecule has 0 bridgehead atoms. The number of hydrogen-bond acceptors (Lipinski definition) is 7. The molecule has 0 radical (unpaired) electrons. The lowest BCUT2D eigenvalue weighted by Gasteiger charge is -2.08. The van der Waals surface area contributed by atoms with Gasteiger partial charge in [-0.2, -0.15) is 0 Å². The number of nitrogens with two attached hydrogens (primary N) is 1. The van der Waals surface area contributed by atoms with Gasteiger partial charge in [0.2, 0.25) is 5.91 Å². The van der Waals surface area contributed by atoms with E-state index in [4.69, 9.17) is 5.73 Å². The van der Waals surface area contributed by atoms with Crippen molar-refractivity contribution in [2.24, 2.45) is 5.73 Å². The summed E-state index contributed by atoms with van der Waals surface area (Å²) in [6, 6.07) is 13.2. The number of carbonyl (C=O) groups excluding carboxylic acids is 2. The molecule has 0 unspecified atom stereocenters. The lowest BCUT2D eigenvalue weighted by Crippen LogP contribution is -2.17. The van der Waals surface area contributed by atoms with Crippen molar-refractivity contribution < 1.29 is 9.59 Å². The van der Waals surface area contributed by atoms with Crippen molar-refractivity contribution in [3.63, 3.8) is 0 Å². The number of amides is 2. The maximum atomic E-state index is 12.4. The number of para-hydroxylation sites is 1. The molecule has 1 aromatic carbocycles. The SMILES string of the molecule is NC(=O)c1ccsc1NC(=O)CSc1nc(-c2cccs2)nc2ccccc12. The number of nitrogens with zero attached hydrogens (tertiary/aromatic N) is 2. The number of carbonyl (C=O) groups is 2. The fourth-order valence-electron chi connectivity index (χ4n) is 2.57. The Labute approximate surface area is 172 Å². The standard InChI is InChI=1S/C19H14N4O2S3/c20-16(25)12-7-9-27-19(12)22-15(24)10-28-18-11-4-1-2-5-13(11)21-17(23-18)14-6-3-8-26-14/h1-9H,10H2,(H2,20,25)(H,22,24). The van der Waals surface area contributed by atoms with E-state index in [2.05, 4.69) is 15.3 Å². The molecule has 9 heteroatoms. The van der Waals surface area contributed by atoms with Crippen LogP contribution >= 0.6 is 34.4 Å². The first-order valence-electron chi connectivity index (χ1n) is 8.22. The molecule has 6 nitrogen and oxygen atoms in total. The van der Waals surface area contributed by atoms with Crippen LogP contribution in [-0.2, 0) is 4.79 Å². The topological polar surface area (TPSA) is 98.0 Å². The third kappa shape index (κ3) is 3.91. The van der Waals surface area contributed by atoms with Gasteiger partial charge in [-0.15, -0.1) is 22.7 Å². The van der Waals surface area contributed by atoms with Crippen LogP contribution in [0.2, 0.25) is 0 Å². The Kier molecular flexibility index (Phi) is 5.38. The van der Waals surface area contributed by atoms with Crippen LogP contribution < -0.4 is 11.1 Å². The van der Waals surface area contributed by atoms with Crippen molar-refractivity contribution in [2.45, 2.75) is 5.03 Å². The number of thiophene rings is 2. The molecule has 0 aliphatic rings. The Morgan fingerprint density at radius 1 is 1.04 bits per heavy atom. The second-order valence-electron chi connectivity index (χ2n) is 5.71. The molecular weight excluding hydrogens is 412 g/mol. The highest BCUT2D eigenvalue weighted by molar-refractivity contribution is 8.00. The molecule has 0 atom stereocenters. The van der Waals surface area contributed by atoms with Gasteiger partial charge in [0.15, 0.2) is 5.82 Å². The Hall–Kier alpha value is -2.75. The third-order valence-corrected chi connectivity index (χ3v) is 6.52. The van der Waals surface area contributed by atoms with Gasteiger partial charge in [0, 0.05) is 5.39 Å². The number of rotatable bonds is 6. The minimum Gasteiger partial charge on any atom is -0.366 e. The second-order valence-corrected chi connectivity index (χ2v) is 8.54. The van der Waals surface area contributed by atoms with Gasteiger partial charge in [0.05, 0.1) is 21.7 Å². The van der Waals surface area contributed by atoms with E-state index < -0.39 is 5.91 Å². The first kappa shape index (κ1) is 18.6. The number of hydrogen-bond donors (Lipinski definition) is 2. The summed E-state index contributed by atoms with van der Waals surface area (Å²) in [5, 5.41) is 8.54.